The third-order valence-corrected chi connectivity index (χ3v) is 7.21. The largest absolute Gasteiger partial charge is 0.389 e. The Morgan fingerprint density at radius 3 is 2.40 bits per heavy atom. The highest BCUT2D eigenvalue weighted by atomic mass is 16.3. The monoisotopic (exact) mass is 406 g/mol. The number of piperidine rings is 1. The maximum atomic E-state index is 13.5. The molecule has 2 aromatic rings. The van der Waals surface area contributed by atoms with Gasteiger partial charge in [-0.25, -0.2) is 0 Å². The van der Waals surface area contributed by atoms with E-state index in [9.17, 15) is 9.90 Å². The summed E-state index contributed by atoms with van der Waals surface area (Å²) in [7, 11) is 0. The van der Waals surface area contributed by atoms with Crippen LogP contribution in [0.5, 0.6) is 0 Å². The van der Waals surface area contributed by atoms with Crippen LogP contribution in [0.15, 0.2) is 54.6 Å². The summed E-state index contributed by atoms with van der Waals surface area (Å²) >= 11 is 0. The van der Waals surface area contributed by atoms with Gasteiger partial charge in [0, 0.05) is 36.8 Å². The van der Waals surface area contributed by atoms with Crippen molar-refractivity contribution in [1.82, 2.24) is 4.90 Å². The van der Waals surface area contributed by atoms with Crippen LogP contribution in [0.4, 0.5) is 5.69 Å². The first-order valence-corrected chi connectivity index (χ1v) is 11.5. The Labute approximate surface area is 180 Å². The summed E-state index contributed by atoms with van der Waals surface area (Å²) in [6.45, 7) is 6.88. The number of fused-ring (bicyclic) bond motifs is 1. The number of amides is 1. The molecular weight excluding hydrogens is 372 g/mol. The zero-order valence-corrected chi connectivity index (χ0v) is 18.3. The number of likely N-dealkylation sites (tertiary alicyclic amines) is 1. The first-order valence-electron chi connectivity index (χ1n) is 11.5. The number of carbonyl (C=O) groups is 1. The number of nitrogens with zero attached hydrogens (tertiary/aromatic N) is 2. The van der Waals surface area contributed by atoms with Crippen LogP contribution in [-0.2, 0) is 0 Å². The summed E-state index contributed by atoms with van der Waals surface area (Å²) in [5, 5.41) is 11.5. The molecule has 1 saturated heterocycles. The van der Waals surface area contributed by atoms with Crippen molar-refractivity contribution in [2.24, 2.45) is 5.92 Å². The Morgan fingerprint density at radius 2 is 1.73 bits per heavy atom. The van der Waals surface area contributed by atoms with Crippen LogP contribution in [0.2, 0.25) is 0 Å². The van der Waals surface area contributed by atoms with E-state index in [2.05, 4.69) is 43.0 Å². The van der Waals surface area contributed by atoms with E-state index in [1.165, 1.54) is 5.69 Å². The van der Waals surface area contributed by atoms with E-state index in [4.69, 9.17) is 0 Å². The summed E-state index contributed by atoms with van der Waals surface area (Å²) in [6.07, 6.45) is 4.68. The van der Waals surface area contributed by atoms with Crippen LogP contribution >= 0.6 is 0 Å². The molecule has 4 nitrogen and oxygen atoms in total. The highest BCUT2D eigenvalue weighted by Crippen LogP contribution is 2.49. The molecule has 1 aliphatic heterocycles. The van der Waals surface area contributed by atoms with Gasteiger partial charge >= 0.3 is 0 Å². The molecule has 0 spiro atoms. The van der Waals surface area contributed by atoms with Crippen molar-refractivity contribution in [3.8, 4) is 0 Å². The van der Waals surface area contributed by atoms with E-state index < -0.39 is 5.60 Å². The quantitative estimate of drug-likeness (QED) is 0.756. The highest BCUT2D eigenvalue weighted by molar-refractivity contribution is 5.94. The summed E-state index contributed by atoms with van der Waals surface area (Å²) in [5.41, 5.74) is 2.41. The number of hydrogen-bond donors (Lipinski definition) is 1. The average Bonchev–Trinajstić information content (AvgIpc) is 2.79. The van der Waals surface area contributed by atoms with Crippen LogP contribution in [0.3, 0.4) is 0 Å². The van der Waals surface area contributed by atoms with E-state index in [1.807, 2.05) is 35.2 Å². The second kappa shape index (κ2) is 8.81. The maximum absolute atomic E-state index is 13.5. The minimum Gasteiger partial charge on any atom is -0.389 e. The molecule has 0 aromatic heterocycles. The molecule has 4 rings (SSSR count). The van der Waals surface area contributed by atoms with E-state index >= 15 is 0 Å². The molecule has 0 unspecified atom stereocenters. The van der Waals surface area contributed by atoms with Crippen LogP contribution in [0.25, 0.3) is 0 Å². The third kappa shape index (κ3) is 3.85. The van der Waals surface area contributed by atoms with Gasteiger partial charge in [0.25, 0.3) is 5.91 Å². The van der Waals surface area contributed by atoms with Crippen molar-refractivity contribution in [3.63, 3.8) is 0 Å². The van der Waals surface area contributed by atoms with Gasteiger partial charge in [0.05, 0.1) is 11.6 Å². The molecule has 3 atom stereocenters. The fraction of sp³-hybridized carbons (Fsp3) is 0.500. The van der Waals surface area contributed by atoms with Gasteiger partial charge in [0.1, 0.15) is 0 Å². The Kier molecular flexibility index (Phi) is 6.14. The van der Waals surface area contributed by atoms with Crippen LogP contribution in [0.1, 0.15) is 67.9 Å². The number of carbonyl (C=O) groups excluding carboxylic acids is 1. The molecule has 30 heavy (non-hydrogen) atoms. The van der Waals surface area contributed by atoms with Gasteiger partial charge in [-0.1, -0.05) is 43.2 Å². The van der Waals surface area contributed by atoms with Crippen molar-refractivity contribution in [2.75, 3.05) is 24.5 Å². The SMILES string of the molecule is CCN(CC)c1ccc([C@@H]2[C@@H]3CCCC[C@@]3(O)CCN2C(=O)c2ccccc2)cc1. The van der Waals surface area contributed by atoms with Gasteiger partial charge < -0.3 is 14.9 Å². The lowest BCUT2D eigenvalue weighted by Gasteiger charge is -2.52. The van der Waals surface area contributed by atoms with Gasteiger partial charge in [-0.2, -0.15) is 0 Å². The van der Waals surface area contributed by atoms with Crippen LogP contribution in [0, 0.1) is 5.92 Å². The van der Waals surface area contributed by atoms with E-state index in [-0.39, 0.29) is 17.9 Å². The average molecular weight is 407 g/mol. The first kappa shape index (κ1) is 20.9. The molecule has 2 aliphatic rings. The summed E-state index contributed by atoms with van der Waals surface area (Å²) in [5.74, 6) is 0.160. The maximum Gasteiger partial charge on any atom is 0.254 e. The number of rotatable bonds is 5. The van der Waals surface area contributed by atoms with E-state index in [1.54, 1.807) is 0 Å². The third-order valence-electron chi connectivity index (χ3n) is 7.21. The van der Waals surface area contributed by atoms with Crippen LogP contribution in [-0.4, -0.2) is 41.1 Å². The highest BCUT2D eigenvalue weighted by Gasteiger charge is 2.50. The molecule has 2 fully saturated rings. The van der Waals surface area contributed by atoms with Gasteiger partial charge in [-0.3, -0.25) is 4.79 Å². The summed E-state index contributed by atoms with van der Waals surface area (Å²) in [6, 6.07) is 18.2. The first-order chi connectivity index (χ1) is 14.6. The molecule has 1 saturated carbocycles. The number of aliphatic hydroxyl groups is 1. The van der Waals surface area contributed by atoms with Crippen molar-refractivity contribution in [2.45, 2.75) is 57.6 Å². The standard InChI is InChI=1S/C26H34N2O2/c1-3-27(4-2)22-15-13-20(14-16-22)24-23-12-8-9-17-26(23,30)18-19-28(24)25(29)21-10-6-5-7-11-21/h5-7,10-11,13-16,23-24,30H,3-4,8-9,12,17-19H2,1-2H3/t23-,24+,26+/m0/s1. The van der Waals surface area contributed by atoms with Crippen molar-refractivity contribution < 1.29 is 9.90 Å². The van der Waals surface area contributed by atoms with Crippen molar-refractivity contribution >= 4 is 11.6 Å². The van der Waals surface area contributed by atoms with Crippen molar-refractivity contribution in [3.05, 3.63) is 65.7 Å². The predicted molar refractivity (Wildman–Crippen MR) is 122 cm³/mol. The molecule has 160 valence electrons. The molecule has 1 N–H and O–H groups in total. The number of hydrogen-bond acceptors (Lipinski definition) is 3. The van der Waals surface area contributed by atoms with Crippen molar-refractivity contribution in [1.29, 1.82) is 0 Å². The second-order valence-corrected chi connectivity index (χ2v) is 8.78. The Morgan fingerprint density at radius 1 is 1.03 bits per heavy atom. The molecule has 1 heterocycles. The zero-order valence-electron chi connectivity index (χ0n) is 18.3. The normalized spacial score (nSPS) is 26.2. The molecule has 1 amide bonds. The molecule has 4 heteroatoms. The van der Waals surface area contributed by atoms with Gasteiger partial charge in [-0.05, 0) is 62.9 Å². The fourth-order valence-electron chi connectivity index (χ4n) is 5.54. The minimum atomic E-state index is -0.659. The lowest BCUT2D eigenvalue weighted by molar-refractivity contribution is -0.115. The number of anilines is 1. The lowest BCUT2D eigenvalue weighted by Crippen LogP contribution is -2.56. The number of benzene rings is 2. The van der Waals surface area contributed by atoms with E-state index in [0.717, 1.165) is 49.9 Å². The van der Waals surface area contributed by atoms with Gasteiger partial charge in [0.2, 0.25) is 0 Å². The molecular formula is C26H34N2O2. The Balaban J connectivity index is 1.71. The zero-order chi connectivity index (χ0) is 21.1. The van der Waals surface area contributed by atoms with Gasteiger partial charge in [-0.15, -0.1) is 0 Å². The summed E-state index contributed by atoms with van der Waals surface area (Å²) < 4.78 is 0. The smallest absolute Gasteiger partial charge is 0.254 e. The second-order valence-electron chi connectivity index (χ2n) is 8.78. The fourth-order valence-corrected chi connectivity index (χ4v) is 5.54. The summed E-state index contributed by atoms with van der Waals surface area (Å²) in [4.78, 5) is 17.8. The Hall–Kier alpha value is -2.33. The molecule has 0 radical (unpaired) electrons. The lowest BCUT2D eigenvalue weighted by atomic mass is 9.66. The minimum absolute atomic E-state index is 0.0704. The van der Waals surface area contributed by atoms with Gasteiger partial charge in [0.15, 0.2) is 0 Å². The molecule has 1 aliphatic carbocycles. The topological polar surface area (TPSA) is 43.8 Å². The van der Waals surface area contributed by atoms with Crippen LogP contribution < -0.4 is 4.90 Å². The molecule has 0 bridgehead atoms. The van der Waals surface area contributed by atoms with E-state index in [0.29, 0.717) is 13.0 Å². The predicted octanol–water partition coefficient (Wildman–Crippen LogP) is 5.04. The Bertz CT molecular complexity index is 847. The molecule has 2 aromatic carbocycles.